The maximum Gasteiger partial charge on any atom is 0.167 e. The number of carbonyl (C=O) groups is 1. The van der Waals surface area contributed by atoms with Gasteiger partial charge < -0.3 is 10.6 Å². The number of ketones is 1. The lowest BCUT2D eigenvalue weighted by Crippen LogP contribution is -2.65. The average molecular weight is 288 g/mol. The first kappa shape index (κ1) is 13.6. The first-order chi connectivity index (χ1) is 9.64. The monoisotopic (exact) mass is 288 g/mol. The predicted octanol–water partition coefficient (Wildman–Crippen LogP) is 2.72. The second-order valence-electron chi connectivity index (χ2n) is 5.85. The van der Waals surface area contributed by atoms with E-state index in [0.29, 0.717) is 17.3 Å². The van der Waals surface area contributed by atoms with Crippen LogP contribution in [0.15, 0.2) is 30.3 Å². The molecule has 1 saturated heterocycles. The Bertz CT molecular complexity index is 531. The molecule has 1 aromatic rings. The van der Waals surface area contributed by atoms with Gasteiger partial charge in [0.1, 0.15) is 5.78 Å². The number of hydrogen-bond acceptors (Lipinski definition) is 2. The highest BCUT2D eigenvalue weighted by atomic mass is 32.1. The zero-order valence-corrected chi connectivity index (χ0v) is 12.5. The molecule has 20 heavy (non-hydrogen) atoms. The van der Waals surface area contributed by atoms with Crippen molar-refractivity contribution in [3.05, 3.63) is 35.9 Å². The SMILES string of the molecule is CC1NC(=S)NC(c2ccccc2)C12CCCCC2=O. The first-order valence-electron chi connectivity index (χ1n) is 7.30. The van der Waals surface area contributed by atoms with Gasteiger partial charge in [0.2, 0.25) is 0 Å². The van der Waals surface area contributed by atoms with Gasteiger partial charge in [-0.1, -0.05) is 36.8 Å². The van der Waals surface area contributed by atoms with E-state index in [2.05, 4.69) is 29.7 Å². The third-order valence-corrected chi connectivity index (χ3v) is 5.04. The van der Waals surface area contributed by atoms with E-state index in [0.717, 1.165) is 24.8 Å². The molecule has 3 rings (SSSR count). The van der Waals surface area contributed by atoms with Gasteiger partial charge in [0.25, 0.3) is 0 Å². The standard InChI is InChI=1S/C16H20N2OS/c1-11-16(10-6-5-9-13(16)19)14(18-15(20)17-11)12-7-3-2-4-8-12/h2-4,7-8,11,14H,5-6,9-10H2,1H3,(H2,17,18,20). The average Bonchev–Trinajstić information content (AvgIpc) is 2.46. The molecule has 1 aliphatic heterocycles. The summed E-state index contributed by atoms with van der Waals surface area (Å²) < 4.78 is 0. The van der Waals surface area contributed by atoms with Gasteiger partial charge in [-0.2, -0.15) is 0 Å². The molecule has 2 N–H and O–H groups in total. The summed E-state index contributed by atoms with van der Waals surface area (Å²) >= 11 is 5.32. The molecule has 1 aliphatic carbocycles. The fourth-order valence-corrected chi connectivity index (χ4v) is 4.04. The fourth-order valence-electron chi connectivity index (χ4n) is 3.74. The zero-order valence-electron chi connectivity index (χ0n) is 11.7. The summed E-state index contributed by atoms with van der Waals surface area (Å²) in [4.78, 5) is 12.7. The molecule has 3 nitrogen and oxygen atoms in total. The van der Waals surface area contributed by atoms with Crippen LogP contribution in [0, 0.1) is 5.41 Å². The van der Waals surface area contributed by atoms with Crippen molar-refractivity contribution in [1.29, 1.82) is 0 Å². The Labute approximate surface area is 125 Å². The summed E-state index contributed by atoms with van der Waals surface area (Å²) in [7, 11) is 0. The molecule has 0 aromatic heterocycles. The normalized spacial score (nSPS) is 33.6. The van der Waals surface area contributed by atoms with Crippen LogP contribution in [0.4, 0.5) is 0 Å². The van der Waals surface area contributed by atoms with Crippen molar-refractivity contribution in [2.75, 3.05) is 0 Å². The molecular weight excluding hydrogens is 268 g/mol. The Morgan fingerprint density at radius 2 is 1.95 bits per heavy atom. The lowest BCUT2D eigenvalue weighted by Gasteiger charge is -2.50. The minimum Gasteiger partial charge on any atom is -0.359 e. The van der Waals surface area contributed by atoms with Gasteiger partial charge in [0, 0.05) is 12.5 Å². The predicted molar refractivity (Wildman–Crippen MR) is 83.4 cm³/mol. The van der Waals surface area contributed by atoms with Crippen LogP contribution in [0.5, 0.6) is 0 Å². The van der Waals surface area contributed by atoms with E-state index in [1.54, 1.807) is 0 Å². The molecule has 2 aliphatic rings. The van der Waals surface area contributed by atoms with Crippen LogP contribution >= 0.6 is 12.2 Å². The number of benzene rings is 1. The molecule has 3 atom stereocenters. The highest BCUT2D eigenvalue weighted by Gasteiger charge is 2.53. The van der Waals surface area contributed by atoms with E-state index in [9.17, 15) is 4.79 Å². The zero-order chi connectivity index (χ0) is 14.2. The van der Waals surface area contributed by atoms with E-state index in [-0.39, 0.29) is 17.5 Å². The molecule has 0 radical (unpaired) electrons. The summed E-state index contributed by atoms with van der Waals surface area (Å²) in [6, 6.07) is 10.3. The van der Waals surface area contributed by atoms with Crippen LogP contribution < -0.4 is 10.6 Å². The van der Waals surface area contributed by atoms with Crippen molar-refractivity contribution >= 4 is 23.1 Å². The van der Waals surface area contributed by atoms with Crippen LogP contribution in [0.1, 0.15) is 44.2 Å². The van der Waals surface area contributed by atoms with Gasteiger partial charge in [-0.15, -0.1) is 0 Å². The second-order valence-corrected chi connectivity index (χ2v) is 6.26. The summed E-state index contributed by atoms with van der Waals surface area (Å²) in [6.07, 6.45) is 3.73. The summed E-state index contributed by atoms with van der Waals surface area (Å²) in [5, 5.41) is 7.27. The third kappa shape index (κ3) is 2.03. The van der Waals surface area contributed by atoms with E-state index < -0.39 is 0 Å². The molecule has 4 heteroatoms. The van der Waals surface area contributed by atoms with Gasteiger partial charge in [-0.25, -0.2) is 0 Å². The van der Waals surface area contributed by atoms with Crippen LogP contribution in [0.2, 0.25) is 0 Å². The van der Waals surface area contributed by atoms with Crippen molar-refractivity contribution in [1.82, 2.24) is 10.6 Å². The third-order valence-electron chi connectivity index (χ3n) is 4.81. The lowest BCUT2D eigenvalue weighted by atomic mass is 9.61. The van der Waals surface area contributed by atoms with Crippen LogP contribution in [-0.2, 0) is 4.79 Å². The largest absolute Gasteiger partial charge is 0.359 e. The molecule has 3 unspecified atom stereocenters. The fraction of sp³-hybridized carbons (Fsp3) is 0.500. The van der Waals surface area contributed by atoms with Crippen molar-refractivity contribution in [3.63, 3.8) is 0 Å². The van der Waals surface area contributed by atoms with Crippen molar-refractivity contribution in [3.8, 4) is 0 Å². The number of Topliss-reactive ketones (excluding diaryl/α,β-unsaturated/α-hetero) is 1. The second kappa shape index (κ2) is 5.17. The number of thiocarbonyl (C=S) groups is 1. The molecule has 0 amide bonds. The minimum atomic E-state index is -0.373. The van der Waals surface area contributed by atoms with E-state index in [1.165, 1.54) is 0 Å². The highest BCUT2D eigenvalue weighted by Crippen LogP contribution is 2.47. The maximum absolute atomic E-state index is 12.7. The van der Waals surface area contributed by atoms with E-state index in [1.807, 2.05) is 18.2 Å². The molecule has 2 fully saturated rings. The van der Waals surface area contributed by atoms with Gasteiger partial charge in [-0.05, 0) is 37.5 Å². The summed E-state index contributed by atoms with van der Waals surface area (Å²) in [5.41, 5.74) is 0.778. The van der Waals surface area contributed by atoms with Crippen molar-refractivity contribution in [2.45, 2.75) is 44.7 Å². The number of nitrogens with one attached hydrogen (secondary N) is 2. The van der Waals surface area contributed by atoms with Crippen LogP contribution in [-0.4, -0.2) is 16.9 Å². The molecule has 0 bridgehead atoms. The van der Waals surface area contributed by atoms with Gasteiger partial charge in [-0.3, -0.25) is 4.79 Å². The number of hydrogen-bond donors (Lipinski definition) is 2. The van der Waals surface area contributed by atoms with Crippen LogP contribution in [0.3, 0.4) is 0 Å². The Kier molecular flexibility index (Phi) is 3.50. The Hall–Kier alpha value is -1.42. The maximum atomic E-state index is 12.7. The topological polar surface area (TPSA) is 41.1 Å². The quantitative estimate of drug-likeness (QED) is 0.780. The highest BCUT2D eigenvalue weighted by molar-refractivity contribution is 7.80. The molecule has 1 aromatic carbocycles. The molecule has 1 saturated carbocycles. The Morgan fingerprint density at radius 1 is 1.20 bits per heavy atom. The molecule has 1 heterocycles. The smallest absolute Gasteiger partial charge is 0.167 e. The Balaban J connectivity index is 2.07. The molecular formula is C16H20N2OS. The summed E-state index contributed by atoms with van der Waals surface area (Å²) in [5.74, 6) is 0.368. The van der Waals surface area contributed by atoms with Crippen LogP contribution in [0.25, 0.3) is 0 Å². The minimum absolute atomic E-state index is 0.0137. The van der Waals surface area contributed by atoms with E-state index >= 15 is 0 Å². The van der Waals surface area contributed by atoms with E-state index in [4.69, 9.17) is 12.2 Å². The molecule has 1 spiro atoms. The number of rotatable bonds is 1. The van der Waals surface area contributed by atoms with Gasteiger partial charge in [0.15, 0.2) is 5.11 Å². The first-order valence-corrected chi connectivity index (χ1v) is 7.71. The lowest BCUT2D eigenvalue weighted by molar-refractivity contribution is -0.135. The van der Waals surface area contributed by atoms with Gasteiger partial charge >= 0.3 is 0 Å². The van der Waals surface area contributed by atoms with Gasteiger partial charge in [0.05, 0.1) is 11.5 Å². The number of carbonyl (C=O) groups excluding carboxylic acids is 1. The molecule has 106 valence electrons. The van der Waals surface area contributed by atoms with Crippen molar-refractivity contribution in [2.24, 2.45) is 5.41 Å². The Morgan fingerprint density at radius 3 is 2.65 bits per heavy atom. The van der Waals surface area contributed by atoms with Crippen molar-refractivity contribution < 1.29 is 4.79 Å². The summed E-state index contributed by atoms with van der Waals surface area (Å²) in [6.45, 7) is 2.09.